The van der Waals surface area contributed by atoms with Crippen LogP contribution in [0.3, 0.4) is 0 Å². The quantitative estimate of drug-likeness (QED) is 0.377. The Morgan fingerprint density at radius 3 is 2.48 bits per heavy atom. The van der Waals surface area contributed by atoms with Gasteiger partial charge in [0.2, 0.25) is 0 Å². The normalized spacial score (nSPS) is 11.2. The number of benzene rings is 2. The number of nitrogens with zero attached hydrogens (tertiary/aromatic N) is 2. The Kier molecular flexibility index (Phi) is 5.33. The number of ether oxygens (including phenoxy) is 1. The SMILES string of the molecule is Cc1ccc(C)c(Cn2c(C)c(C)c3nccc(OCc4ccc(Cl)cc4)c32)c1. The smallest absolute Gasteiger partial charge is 0.147 e. The van der Waals surface area contributed by atoms with E-state index in [2.05, 4.69) is 55.4 Å². The van der Waals surface area contributed by atoms with Crippen LogP contribution in [0.15, 0.2) is 54.7 Å². The molecule has 2 aromatic carbocycles. The number of hydrogen-bond donors (Lipinski definition) is 0. The Balaban J connectivity index is 1.75. The number of halogens is 1. The highest BCUT2D eigenvalue weighted by Gasteiger charge is 2.17. The van der Waals surface area contributed by atoms with Crippen molar-refractivity contribution >= 4 is 22.6 Å². The Hall–Kier alpha value is -2.78. The van der Waals surface area contributed by atoms with Gasteiger partial charge in [-0.2, -0.15) is 0 Å². The van der Waals surface area contributed by atoms with E-state index in [0.29, 0.717) is 6.61 Å². The summed E-state index contributed by atoms with van der Waals surface area (Å²) in [6.07, 6.45) is 1.83. The zero-order valence-corrected chi connectivity index (χ0v) is 18.0. The molecule has 2 aromatic heterocycles. The van der Waals surface area contributed by atoms with Gasteiger partial charge in [0.1, 0.15) is 17.9 Å². The summed E-state index contributed by atoms with van der Waals surface area (Å²) in [5.41, 5.74) is 9.44. The van der Waals surface area contributed by atoms with Crippen molar-refractivity contribution < 1.29 is 4.74 Å². The second-order valence-electron chi connectivity index (χ2n) is 7.65. The van der Waals surface area contributed by atoms with Gasteiger partial charge in [0, 0.05) is 29.5 Å². The lowest BCUT2D eigenvalue weighted by Crippen LogP contribution is -2.06. The van der Waals surface area contributed by atoms with Crippen molar-refractivity contribution in [2.45, 2.75) is 40.8 Å². The molecule has 4 aromatic rings. The molecule has 0 bridgehead atoms. The molecule has 0 aliphatic heterocycles. The summed E-state index contributed by atoms with van der Waals surface area (Å²) in [5, 5.41) is 0.730. The average molecular weight is 405 g/mol. The van der Waals surface area contributed by atoms with E-state index in [1.165, 1.54) is 27.9 Å². The maximum Gasteiger partial charge on any atom is 0.147 e. The fourth-order valence-corrected chi connectivity index (χ4v) is 3.84. The van der Waals surface area contributed by atoms with Crippen LogP contribution in [0.2, 0.25) is 5.02 Å². The zero-order chi connectivity index (χ0) is 20.5. The molecule has 2 heterocycles. The second-order valence-corrected chi connectivity index (χ2v) is 8.08. The van der Waals surface area contributed by atoms with E-state index in [1.54, 1.807) is 0 Å². The summed E-state index contributed by atoms with van der Waals surface area (Å²) in [7, 11) is 0. The van der Waals surface area contributed by atoms with Crippen LogP contribution in [0.4, 0.5) is 0 Å². The van der Waals surface area contributed by atoms with Crippen LogP contribution < -0.4 is 4.74 Å². The molecule has 0 radical (unpaired) electrons. The number of aromatic nitrogens is 2. The van der Waals surface area contributed by atoms with Crippen molar-refractivity contribution in [3.63, 3.8) is 0 Å². The third-order valence-electron chi connectivity index (χ3n) is 5.60. The minimum absolute atomic E-state index is 0.489. The van der Waals surface area contributed by atoms with E-state index in [9.17, 15) is 0 Å². The third kappa shape index (κ3) is 3.88. The first-order valence-corrected chi connectivity index (χ1v) is 10.2. The zero-order valence-electron chi connectivity index (χ0n) is 17.3. The molecular weight excluding hydrogens is 380 g/mol. The van der Waals surface area contributed by atoms with Gasteiger partial charge in [-0.15, -0.1) is 0 Å². The first-order valence-electron chi connectivity index (χ1n) is 9.82. The highest BCUT2D eigenvalue weighted by Crippen LogP contribution is 2.32. The summed E-state index contributed by atoms with van der Waals surface area (Å²) >= 11 is 6.00. The molecule has 29 heavy (non-hydrogen) atoms. The number of pyridine rings is 1. The monoisotopic (exact) mass is 404 g/mol. The molecule has 148 valence electrons. The van der Waals surface area contributed by atoms with Gasteiger partial charge in [0.15, 0.2) is 0 Å². The molecule has 0 amide bonds. The largest absolute Gasteiger partial charge is 0.487 e. The molecule has 0 N–H and O–H groups in total. The van der Waals surface area contributed by atoms with Gasteiger partial charge in [0.05, 0.1) is 5.52 Å². The maximum atomic E-state index is 6.24. The minimum Gasteiger partial charge on any atom is -0.487 e. The van der Waals surface area contributed by atoms with E-state index in [1.807, 2.05) is 36.5 Å². The van der Waals surface area contributed by atoms with E-state index >= 15 is 0 Å². The summed E-state index contributed by atoms with van der Waals surface area (Å²) in [6.45, 7) is 9.88. The van der Waals surface area contributed by atoms with Crippen LogP contribution in [0, 0.1) is 27.7 Å². The minimum atomic E-state index is 0.489. The topological polar surface area (TPSA) is 27.1 Å². The van der Waals surface area contributed by atoms with Crippen molar-refractivity contribution in [2.24, 2.45) is 0 Å². The van der Waals surface area contributed by atoms with Crippen LogP contribution in [0.1, 0.15) is 33.5 Å². The lowest BCUT2D eigenvalue weighted by molar-refractivity contribution is 0.308. The van der Waals surface area contributed by atoms with Gasteiger partial charge in [-0.3, -0.25) is 4.98 Å². The molecular formula is C25H25ClN2O. The van der Waals surface area contributed by atoms with Gasteiger partial charge in [-0.25, -0.2) is 0 Å². The predicted molar refractivity (Wildman–Crippen MR) is 120 cm³/mol. The molecule has 0 fully saturated rings. The molecule has 4 heteroatoms. The first-order chi connectivity index (χ1) is 13.9. The molecule has 0 spiro atoms. The summed E-state index contributed by atoms with van der Waals surface area (Å²) < 4.78 is 8.57. The van der Waals surface area contributed by atoms with Gasteiger partial charge < -0.3 is 9.30 Å². The van der Waals surface area contributed by atoms with Crippen LogP contribution in [-0.4, -0.2) is 9.55 Å². The summed E-state index contributed by atoms with van der Waals surface area (Å²) in [4.78, 5) is 4.65. The summed E-state index contributed by atoms with van der Waals surface area (Å²) in [5.74, 6) is 0.853. The Labute approximate surface area is 176 Å². The third-order valence-corrected chi connectivity index (χ3v) is 5.85. The fraction of sp³-hybridized carbons (Fsp3) is 0.240. The molecule has 3 nitrogen and oxygen atoms in total. The highest BCUT2D eigenvalue weighted by molar-refractivity contribution is 6.30. The van der Waals surface area contributed by atoms with Crippen molar-refractivity contribution in [3.8, 4) is 5.75 Å². The lowest BCUT2D eigenvalue weighted by atomic mass is 10.1. The number of rotatable bonds is 5. The lowest BCUT2D eigenvalue weighted by Gasteiger charge is -2.14. The predicted octanol–water partition coefficient (Wildman–Crippen LogP) is 6.55. The van der Waals surface area contributed by atoms with Gasteiger partial charge in [-0.05, 0) is 62.1 Å². The van der Waals surface area contributed by atoms with Crippen molar-refractivity contribution in [1.29, 1.82) is 0 Å². The molecule has 4 rings (SSSR count). The van der Waals surface area contributed by atoms with Crippen molar-refractivity contribution in [3.05, 3.63) is 93.3 Å². The van der Waals surface area contributed by atoms with Gasteiger partial charge >= 0.3 is 0 Å². The standard InChI is InChI=1S/C25H25ClN2O/c1-16-5-6-17(2)21(13-16)14-28-19(4)18(3)24-25(28)23(11-12-27-24)29-15-20-7-9-22(26)10-8-20/h5-13H,14-15H2,1-4H3. The van der Waals surface area contributed by atoms with Gasteiger partial charge in [-0.1, -0.05) is 47.5 Å². The number of fused-ring (bicyclic) bond motifs is 1. The maximum absolute atomic E-state index is 6.24. The molecule has 0 saturated carbocycles. The average Bonchev–Trinajstić information content (AvgIpc) is 2.96. The van der Waals surface area contributed by atoms with E-state index in [0.717, 1.165) is 33.9 Å². The van der Waals surface area contributed by atoms with E-state index in [-0.39, 0.29) is 0 Å². The molecule has 0 atom stereocenters. The van der Waals surface area contributed by atoms with Crippen LogP contribution in [-0.2, 0) is 13.2 Å². The fourth-order valence-electron chi connectivity index (χ4n) is 3.71. The van der Waals surface area contributed by atoms with E-state index < -0.39 is 0 Å². The molecule has 0 saturated heterocycles. The summed E-state index contributed by atoms with van der Waals surface area (Å²) in [6, 6.07) is 16.3. The first kappa shape index (κ1) is 19.5. The highest BCUT2D eigenvalue weighted by atomic mass is 35.5. The number of aryl methyl sites for hydroxylation is 3. The second kappa shape index (κ2) is 7.92. The molecule has 0 aliphatic rings. The van der Waals surface area contributed by atoms with Crippen LogP contribution in [0.25, 0.3) is 11.0 Å². The van der Waals surface area contributed by atoms with E-state index in [4.69, 9.17) is 16.3 Å². The molecule has 0 aliphatic carbocycles. The van der Waals surface area contributed by atoms with Crippen LogP contribution in [0.5, 0.6) is 5.75 Å². The van der Waals surface area contributed by atoms with Gasteiger partial charge in [0.25, 0.3) is 0 Å². The Morgan fingerprint density at radius 1 is 0.966 bits per heavy atom. The Morgan fingerprint density at radius 2 is 1.72 bits per heavy atom. The van der Waals surface area contributed by atoms with Crippen molar-refractivity contribution in [1.82, 2.24) is 9.55 Å². The Bertz CT molecular complexity index is 1180. The molecule has 0 unspecified atom stereocenters. The number of hydrogen-bond acceptors (Lipinski definition) is 2. The van der Waals surface area contributed by atoms with Crippen molar-refractivity contribution in [2.75, 3.05) is 0 Å². The van der Waals surface area contributed by atoms with Crippen LogP contribution >= 0.6 is 11.6 Å².